The van der Waals surface area contributed by atoms with E-state index >= 15 is 0 Å². The maximum atomic E-state index is 11.8. The van der Waals surface area contributed by atoms with Gasteiger partial charge in [0.1, 0.15) is 10.8 Å². The van der Waals surface area contributed by atoms with Gasteiger partial charge in [-0.25, -0.2) is 14.8 Å². The number of anilines is 1. The summed E-state index contributed by atoms with van der Waals surface area (Å²) in [6, 6.07) is 4.07. The summed E-state index contributed by atoms with van der Waals surface area (Å²) < 4.78 is 0. The number of amides is 1. The first kappa shape index (κ1) is 14.2. The highest BCUT2D eigenvalue weighted by Gasteiger charge is 2.12. The van der Waals surface area contributed by atoms with E-state index in [2.05, 4.69) is 15.3 Å². The standard InChI is InChI=1S/C12H7Cl2N3O3/c13-8-3-6(1-2-7(8)12(19)20)17-11(18)9-4-16-10(14)5-15-9/h1-5H,(H,17,18)(H,19,20). The Bertz CT molecular complexity index is 674. The lowest BCUT2D eigenvalue weighted by Crippen LogP contribution is -2.14. The summed E-state index contributed by atoms with van der Waals surface area (Å²) in [4.78, 5) is 30.2. The average molecular weight is 312 g/mol. The van der Waals surface area contributed by atoms with Crippen LogP contribution >= 0.6 is 23.2 Å². The summed E-state index contributed by atoms with van der Waals surface area (Å²) >= 11 is 11.4. The number of hydrogen-bond donors (Lipinski definition) is 2. The van der Waals surface area contributed by atoms with E-state index in [-0.39, 0.29) is 21.4 Å². The van der Waals surface area contributed by atoms with Gasteiger partial charge in [-0.15, -0.1) is 0 Å². The van der Waals surface area contributed by atoms with Gasteiger partial charge in [0.2, 0.25) is 0 Å². The molecular weight excluding hydrogens is 305 g/mol. The van der Waals surface area contributed by atoms with Crippen molar-refractivity contribution >= 4 is 40.8 Å². The van der Waals surface area contributed by atoms with Crippen LogP contribution < -0.4 is 5.32 Å². The number of carbonyl (C=O) groups is 2. The van der Waals surface area contributed by atoms with Gasteiger partial charge in [0.05, 0.1) is 23.0 Å². The highest BCUT2D eigenvalue weighted by molar-refractivity contribution is 6.33. The molecule has 0 aliphatic heterocycles. The highest BCUT2D eigenvalue weighted by atomic mass is 35.5. The number of aromatic carboxylic acids is 1. The molecule has 2 rings (SSSR count). The Morgan fingerprint density at radius 1 is 1.15 bits per heavy atom. The Labute approximate surface area is 123 Å². The van der Waals surface area contributed by atoms with Crippen LogP contribution in [0.3, 0.4) is 0 Å². The van der Waals surface area contributed by atoms with Crippen molar-refractivity contribution in [3.63, 3.8) is 0 Å². The Hall–Kier alpha value is -2.18. The number of carboxylic acid groups (broad SMARTS) is 1. The van der Waals surface area contributed by atoms with Gasteiger partial charge in [-0.05, 0) is 18.2 Å². The minimum absolute atomic E-state index is 0.0255. The van der Waals surface area contributed by atoms with Gasteiger partial charge >= 0.3 is 5.97 Å². The molecule has 0 saturated carbocycles. The number of nitrogens with one attached hydrogen (secondary N) is 1. The number of nitrogens with zero attached hydrogens (tertiary/aromatic N) is 2. The van der Waals surface area contributed by atoms with Gasteiger partial charge in [-0.2, -0.15) is 0 Å². The summed E-state index contributed by atoms with van der Waals surface area (Å²) in [6.07, 6.45) is 2.47. The number of carbonyl (C=O) groups excluding carboxylic acids is 1. The summed E-state index contributed by atoms with van der Waals surface area (Å²) in [5.41, 5.74) is 0.380. The fourth-order valence-corrected chi connectivity index (χ4v) is 1.75. The molecule has 0 radical (unpaired) electrons. The van der Waals surface area contributed by atoms with E-state index in [9.17, 15) is 9.59 Å². The van der Waals surface area contributed by atoms with Crippen molar-refractivity contribution in [1.29, 1.82) is 0 Å². The quantitative estimate of drug-likeness (QED) is 0.909. The maximum Gasteiger partial charge on any atom is 0.337 e. The topological polar surface area (TPSA) is 92.2 Å². The average Bonchev–Trinajstić information content (AvgIpc) is 2.39. The number of rotatable bonds is 3. The third-order valence-electron chi connectivity index (χ3n) is 2.31. The lowest BCUT2D eigenvalue weighted by Gasteiger charge is -2.06. The molecule has 0 saturated heterocycles. The first-order valence-electron chi connectivity index (χ1n) is 5.29. The minimum atomic E-state index is -1.14. The van der Waals surface area contributed by atoms with Crippen LogP contribution in [0.25, 0.3) is 0 Å². The number of aromatic nitrogens is 2. The Morgan fingerprint density at radius 3 is 2.45 bits per heavy atom. The maximum absolute atomic E-state index is 11.8. The van der Waals surface area contributed by atoms with Gasteiger partial charge in [-0.1, -0.05) is 23.2 Å². The van der Waals surface area contributed by atoms with E-state index in [0.29, 0.717) is 5.69 Å². The molecule has 0 aliphatic carbocycles. The molecule has 20 heavy (non-hydrogen) atoms. The normalized spacial score (nSPS) is 10.1. The van der Waals surface area contributed by atoms with Crippen molar-refractivity contribution < 1.29 is 14.7 Å². The Morgan fingerprint density at radius 2 is 1.90 bits per heavy atom. The van der Waals surface area contributed by atoms with Crippen molar-refractivity contribution in [2.75, 3.05) is 5.32 Å². The van der Waals surface area contributed by atoms with Crippen LogP contribution in [0.4, 0.5) is 5.69 Å². The third kappa shape index (κ3) is 3.23. The Kier molecular flexibility index (Phi) is 4.16. The van der Waals surface area contributed by atoms with Crippen molar-refractivity contribution in [2.24, 2.45) is 0 Å². The second-order valence-electron chi connectivity index (χ2n) is 3.68. The van der Waals surface area contributed by atoms with E-state index in [0.717, 1.165) is 0 Å². The predicted octanol–water partition coefficient (Wildman–Crippen LogP) is 2.73. The van der Waals surface area contributed by atoms with Crippen LogP contribution in [-0.2, 0) is 0 Å². The fourth-order valence-electron chi connectivity index (χ4n) is 1.39. The molecule has 0 unspecified atom stereocenters. The molecule has 1 aromatic carbocycles. The second kappa shape index (κ2) is 5.85. The number of benzene rings is 1. The first-order chi connectivity index (χ1) is 9.47. The van der Waals surface area contributed by atoms with Crippen molar-refractivity contribution in [3.8, 4) is 0 Å². The number of hydrogen-bond acceptors (Lipinski definition) is 4. The minimum Gasteiger partial charge on any atom is -0.478 e. The summed E-state index contributed by atoms with van der Waals surface area (Å²) in [7, 11) is 0. The zero-order valence-electron chi connectivity index (χ0n) is 9.80. The third-order valence-corrected chi connectivity index (χ3v) is 2.82. The van der Waals surface area contributed by atoms with Crippen LogP contribution in [0.2, 0.25) is 10.2 Å². The largest absolute Gasteiger partial charge is 0.478 e. The molecule has 0 aliphatic rings. The molecule has 102 valence electrons. The zero-order chi connectivity index (χ0) is 14.7. The number of carboxylic acids is 1. The molecule has 8 heteroatoms. The lowest BCUT2D eigenvalue weighted by molar-refractivity contribution is 0.0697. The fraction of sp³-hybridized carbons (Fsp3) is 0. The smallest absolute Gasteiger partial charge is 0.337 e. The van der Waals surface area contributed by atoms with Gasteiger partial charge in [-0.3, -0.25) is 4.79 Å². The number of halogens is 2. The molecule has 0 atom stereocenters. The van der Waals surface area contributed by atoms with Crippen LogP contribution in [0, 0.1) is 0 Å². The van der Waals surface area contributed by atoms with Crippen molar-refractivity contribution in [1.82, 2.24) is 9.97 Å². The van der Waals surface area contributed by atoms with Gasteiger partial charge in [0.15, 0.2) is 0 Å². The second-order valence-corrected chi connectivity index (χ2v) is 4.47. The van der Waals surface area contributed by atoms with E-state index in [1.54, 1.807) is 0 Å². The SMILES string of the molecule is O=C(Nc1ccc(C(=O)O)c(Cl)c1)c1cnc(Cl)cn1. The summed E-state index contributed by atoms with van der Waals surface area (Å²) in [5, 5.41) is 11.6. The van der Waals surface area contributed by atoms with Crippen LogP contribution in [0.15, 0.2) is 30.6 Å². The predicted molar refractivity (Wildman–Crippen MR) is 73.4 cm³/mol. The van der Waals surface area contributed by atoms with E-state index in [4.69, 9.17) is 28.3 Å². The molecule has 1 amide bonds. The Balaban J connectivity index is 2.18. The van der Waals surface area contributed by atoms with Crippen molar-refractivity contribution in [2.45, 2.75) is 0 Å². The van der Waals surface area contributed by atoms with Crippen LogP contribution in [-0.4, -0.2) is 27.0 Å². The molecule has 2 N–H and O–H groups in total. The lowest BCUT2D eigenvalue weighted by atomic mass is 10.2. The first-order valence-corrected chi connectivity index (χ1v) is 6.04. The highest BCUT2D eigenvalue weighted by Crippen LogP contribution is 2.21. The molecule has 2 aromatic rings. The summed E-state index contributed by atoms with van der Waals surface area (Å²) in [5.74, 6) is -1.65. The van der Waals surface area contributed by atoms with Crippen LogP contribution in [0.5, 0.6) is 0 Å². The molecular formula is C12H7Cl2N3O3. The van der Waals surface area contributed by atoms with Gasteiger partial charge in [0.25, 0.3) is 5.91 Å². The zero-order valence-corrected chi connectivity index (χ0v) is 11.3. The van der Waals surface area contributed by atoms with Crippen LogP contribution in [0.1, 0.15) is 20.8 Å². The molecule has 1 aromatic heterocycles. The molecule has 1 heterocycles. The molecule has 0 spiro atoms. The van der Waals surface area contributed by atoms with E-state index < -0.39 is 11.9 Å². The summed E-state index contributed by atoms with van der Waals surface area (Å²) in [6.45, 7) is 0. The van der Waals surface area contributed by atoms with Gasteiger partial charge < -0.3 is 10.4 Å². The van der Waals surface area contributed by atoms with E-state index in [1.807, 2.05) is 0 Å². The molecule has 6 nitrogen and oxygen atoms in total. The molecule has 0 bridgehead atoms. The van der Waals surface area contributed by atoms with Crippen molar-refractivity contribution in [3.05, 3.63) is 52.0 Å². The van der Waals surface area contributed by atoms with E-state index in [1.165, 1.54) is 30.6 Å². The monoisotopic (exact) mass is 311 g/mol. The molecule has 0 fully saturated rings. The van der Waals surface area contributed by atoms with Gasteiger partial charge in [0, 0.05) is 5.69 Å².